The Morgan fingerprint density at radius 1 is 0.973 bits per heavy atom. The molecule has 37 heavy (non-hydrogen) atoms. The topological polar surface area (TPSA) is 12.0 Å². The highest BCUT2D eigenvalue weighted by Gasteiger charge is 2.17. The number of nitrogens with one attached hydrogen (secondary N) is 1. The number of hydrogen-bond acceptors (Lipinski definition) is 1. The summed E-state index contributed by atoms with van der Waals surface area (Å²) in [6.45, 7) is 18.5. The third kappa shape index (κ3) is 8.98. The molecule has 0 heterocycles. The Labute approximate surface area is 226 Å². The highest BCUT2D eigenvalue weighted by Crippen LogP contribution is 2.30. The van der Waals surface area contributed by atoms with Gasteiger partial charge >= 0.3 is 0 Å². The molecule has 0 saturated carbocycles. The quantitative estimate of drug-likeness (QED) is 0.231. The lowest BCUT2D eigenvalue weighted by molar-refractivity contribution is 0.491. The maximum absolute atomic E-state index is 4.34. The molecule has 194 valence electrons. The minimum Gasteiger partial charge on any atom is -0.388 e. The van der Waals surface area contributed by atoms with E-state index in [1.165, 1.54) is 27.8 Å². The fraction of sp³-hybridized carbons (Fsp3) is 0.389. The lowest BCUT2D eigenvalue weighted by Crippen LogP contribution is -2.19. The van der Waals surface area contributed by atoms with Crippen molar-refractivity contribution in [2.24, 2.45) is 5.92 Å². The Balaban J connectivity index is 1.50. The van der Waals surface area contributed by atoms with Crippen molar-refractivity contribution in [3.05, 3.63) is 119 Å². The van der Waals surface area contributed by atoms with Gasteiger partial charge in [-0.25, -0.2) is 0 Å². The van der Waals surface area contributed by atoms with Crippen LogP contribution in [-0.4, -0.2) is 6.54 Å². The zero-order chi connectivity index (χ0) is 26.6. The van der Waals surface area contributed by atoms with Gasteiger partial charge in [0.2, 0.25) is 0 Å². The number of aryl methyl sites for hydroxylation is 2. The molecule has 0 aliphatic heterocycles. The Kier molecular flexibility index (Phi) is 11.1. The molecule has 1 aliphatic carbocycles. The van der Waals surface area contributed by atoms with Crippen molar-refractivity contribution in [2.75, 3.05) is 6.54 Å². The number of benzene rings is 2. The highest BCUT2D eigenvalue weighted by atomic mass is 14.9. The van der Waals surface area contributed by atoms with Gasteiger partial charge in [-0.05, 0) is 98.1 Å². The van der Waals surface area contributed by atoms with Gasteiger partial charge in [-0.2, -0.15) is 0 Å². The molecule has 1 heteroatoms. The molecular formula is C36H45N. The molecule has 1 N–H and O–H groups in total. The summed E-state index contributed by atoms with van der Waals surface area (Å²) in [5.41, 5.74) is 10.2. The smallest absolute Gasteiger partial charge is 0.0249 e. The first-order valence-corrected chi connectivity index (χ1v) is 14.1. The molecule has 0 radical (unpaired) electrons. The lowest BCUT2D eigenvalue weighted by atomic mass is 9.84. The Morgan fingerprint density at radius 2 is 1.73 bits per heavy atom. The van der Waals surface area contributed by atoms with Gasteiger partial charge in [0.25, 0.3) is 0 Å². The second-order valence-corrected chi connectivity index (χ2v) is 10.5. The molecule has 2 aromatic carbocycles. The summed E-state index contributed by atoms with van der Waals surface area (Å²) in [4.78, 5) is 0. The highest BCUT2D eigenvalue weighted by molar-refractivity contribution is 5.46. The van der Waals surface area contributed by atoms with Crippen LogP contribution in [0.3, 0.4) is 0 Å². The van der Waals surface area contributed by atoms with Crippen LogP contribution in [-0.2, 0) is 19.3 Å². The first-order chi connectivity index (χ1) is 17.9. The fourth-order valence-corrected chi connectivity index (χ4v) is 5.03. The van der Waals surface area contributed by atoms with Crippen LogP contribution in [0.1, 0.15) is 87.1 Å². The predicted octanol–water partition coefficient (Wildman–Crippen LogP) is 8.86. The fourth-order valence-electron chi connectivity index (χ4n) is 5.03. The summed E-state index contributed by atoms with van der Waals surface area (Å²) >= 11 is 0. The van der Waals surface area contributed by atoms with E-state index in [9.17, 15) is 0 Å². The molecule has 0 fully saturated rings. The van der Waals surface area contributed by atoms with Gasteiger partial charge in [0.15, 0.2) is 0 Å². The lowest BCUT2D eigenvalue weighted by Gasteiger charge is -2.23. The van der Waals surface area contributed by atoms with E-state index < -0.39 is 0 Å². The summed E-state index contributed by atoms with van der Waals surface area (Å²) < 4.78 is 0. The molecule has 2 unspecified atom stereocenters. The van der Waals surface area contributed by atoms with Crippen molar-refractivity contribution in [1.29, 1.82) is 0 Å². The van der Waals surface area contributed by atoms with Crippen LogP contribution in [0.2, 0.25) is 0 Å². The zero-order valence-corrected chi connectivity index (χ0v) is 23.5. The van der Waals surface area contributed by atoms with Crippen LogP contribution >= 0.6 is 0 Å². The second kappa shape index (κ2) is 14.5. The maximum Gasteiger partial charge on any atom is 0.0249 e. The van der Waals surface area contributed by atoms with Gasteiger partial charge in [-0.1, -0.05) is 99.9 Å². The molecule has 0 bridgehead atoms. The number of allylic oxidation sites excluding steroid dienone is 6. The predicted molar refractivity (Wildman–Crippen MR) is 162 cm³/mol. The Hall–Kier alpha value is -3.24. The summed E-state index contributed by atoms with van der Waals surface area (Å²) in [5.74, 6) is 7.46. The number of rotatable bonds is 12. The molecular weight excluding hydrogens is 446 g/mol. The van der Waals surface area contributed by atoms with Gasteiger partial charge in [0, 0.05) is 23.4 Å². The van der Waals surface area contributed by atoms with Crippen molar-refractivity contribution in [3.63, 3.8) is 0 Å². The van der Waals surface area contributed by atoms with E-state index in [0.717, 1.165) is 68.3 Å². The molecule has 3 rings (SSSR count). The minimum atomic E-state index is 0.412. The SMILES string of the molecule is C=C(CC(CC(C)c1ccc(C#CC2=CCCC=C2)cc1)C(=C)C)NCCc1ccc(CC)c(CC)c1. The monoisotopic (exact) mass is 491 g/mol. The van der Waals surface area contributed by atoms with E-state index in [0.29, 0.717) is 11.8 Å². The van der Waals surface area contributed by atoms with Gasteiger partial charge in [0.05, 0.1) is 0 Å². The summed E-state index contributed by atoms with van der Waals surface area (Å²) in [6, 6.07) is 15.7. The molecule has 0 spiro atoms. The van der Waals surface area contributed by atoms with Crippen molar-refractivity contribution < 1.29 is 0 Å². The van der Waals surface area contributed by atoms with Crippen molar-refractivity contribution >= 4 is 0 Å². The molecule has 2 aromatic rings. The van der Waals surface area contributed by atoms with Gasteiger partial charge in [-0.15, -0.1) is 0 Å². The van der Waals surface area contributed by atoms with Crippen LogP contribution < -0.4 is 5.32 Å². The van der Waals surface area contributed by atoms with Gasteiger partial charge in [-0.3, -0.25) is 0 Å². The van der Waals surface area contributed by atoms with Crippen LogP contribution in [0.4, 0.5) is 0 Å². The average molecular weight is 492 g/mol. The van der Waals surface area contributed by atoms with Crippen LogP contribution in [0.15, 0.2) is 90.7 Å². The van der Waals surface area contributed by atoms with E-state index in [-0.39, 0.29) is 0 Å². The van der Waals surface area contributed by atoms with E-state index >= 15 is 0 Å². The average Bonchev–Trinajstić information content (AvgIpc) is 2.92. The third-order valence-electron chi connectivity index (χ3n) is 7.47. The van der Waals surface area contributed by atoms with Crippen LogP contribution in [0.25, 0.3) is 0 Å². The van der Waals surface area contributed by atoms with E-state index in [1.54, 1.807) is 0 Å². The number of hydrogen-bond donors (Lipinski definition) is 1. The maximum atomic E-state index is 4.34. The second-order valence-electron chi connectivity index (χ2n) is 10.5. The van der Waals surface area contributed by atoms with Gasteiger partial charge in [0.1, 0.15) is 0 Å². The van der Waals surface area contributed by atoms with Gasteiger partial charge < -0.3 is 5.32 Å². The standard InChI is InChI=1S/C36H45N/c1-7-33-19-18-32(26-34(33)8-2)22-23-37-29(6)25-36(27(3)4)24-28(5)35-20-16-31(17-21-35)15-14-30-12-10-9-11-13-30/h10,12-13,16-21,26,28,36-37H,3,6-9,11,22-25H2,1-2,4-5H3. The van der Waals surface area contributed by atoms with Crippen molar-refractivity contribution in [3.8, 4) is 11.8 Å². The van der Waals surface area contributed by atoms with E-state index in [2.05, 4.69) is 119 Å². The first kappa shape index (κ1) is 28.3. The molecule has 1 aliphatic rings. The summed E-state index contributed by atoms with van der Waals surface area (Å²) in [6.07, 6.45) is 14.0. The Bertz CT molecular complexity index is 1180. The molecule has 1 nitrogen and oxygen atoms in total. The van der Waals surface area contributed by atoms with E-state index in [4.69, 9.17) is 0 Å². The normalized spacial score (nSPS) is 14.2. The zero-order valence-electron chi connectivity index (χ0n) is 23.5. The molecule has 0 saturated heterocycles. The largest absolute Gasteiger partial charge is 0.388 e. The van der Waals surface area contributed by atoms with Crippen LogP contribution in [0, 0.1) is 17.8 Å². The summed E-state index contributed by atoms with van der Waals surface area (Å²) in [7, 11) is 0. The molecule has 0 amide bonds. The third-order valence-corrected chi connectivity index (χ3v) is 7.47. The molecule has 2 atom stereocenters. The molecule has 0 aromatic heterocycles. The minimum absolute atomic E-state index is 0.412. The summed E-state index contributed by atoms with van der Waals surface area (Å²) in [5, 5.41) is 3.58. The van der Waals surface area contributed by atoms with Crippen molar-refractivity contribution in [1.82, 2.24) is 5.32 Å². The first-order valence-electron chi connectivity index (χ1n) is 14.1. The van der Waals surface area contributed by atoms with Crippen molar-refractivity contribution in [2.45, 2.75) is 78.6 Å². The Morgan fingerprint density at radius 3 is 2.38 bits per heavy atom. The van der Waals surface area contributed by atoms with E-state index in [1.807, 2.05) is 0 Å². The van der Waals surface area contributed by atoms with Crippen LogP contribution in [0.5, 0.6) is 0 Å².